The first kappa shape index (κ1) is 26.4. The second kappa shape index (κ2) is 13.0. The van der Waals surface area contributed by atoms with E-state index < -0.39 is 12.1 Å². The number of nitrogens with two attached hydrogens (primary N) is 1. The van der Waals surface area contributed by atoms with Gasteiger partial charge in [0, 0.05) is 5.56 Å². The van der Waals surface area contributed by atoms with Crippen LogP contribution in [0, 0.1) is 5.92 Å². The molecule has 3 N–H and O–H groups in total. The molecule has 1 fully saturated rings. The van der Waals surface area contributed by atoms with Gasteiger partial charge in [-0.05, 0) is 47.6 Å². The number of carbonyl (C=O) groups is 2. The molecule has 180 valence electrons. The lowest BCUT2D eigenvalue weighted by Gasteiger charge is -2.21. The van der Waals surface area contributed by atoms with Gasteiger partial charge < -0.3 is 10.8 Å². The summed E-state index contributed by atoms with van der Waals surface area (Å²) in [6.07, 6.45) is 8.74. The maximum atomic E-state index is 11.4. The molecule has 1 aliphatic rings. The van der Waals surface area contributed by atoms with Crippen LogP contribution in [0.3, 0.4) is 0 Å². The van der Waals surface area contributed by atoms with Gasteiger partial charge in [0.1, 0.15) is 0 Å². The van der Waals surface area contributed by atoms with Crippen molar-refractivity contribution in [2.75, 3.05) is 0 Å². The van der Waals surface area contributed by atoms with E-state index in [0.717, 1.165) is 23.5 Å². The predicted molar refractivity (Wildman–Crippen MR) is 123 cm³/mol. The summed E-state index contributed by atoms with van der Waals surface area (Å²) < 4.78 is 31.7. The van der Waals surface area contributed by atoms with Crippen molar-refractivity contribution in [1.29, 1.82) is 0 Å². The monoisotopic (exact) mass is 463 g/mol. The largest absolute Gasteiger partial charge is 0.490 e. The van der Waals surface area contributed by atoms with E-state index in [9.17, 15) is 18.0 Å². The molecule has 1 aliphatic carbocycles. The first-order chi connectivity index (χ1) is 15.7. The summed E-state index contributed by atoms with van der Waals surface area (Å²) in [6, 6.07) is 16.3. The van der Waals surface area contributed by atoms with Crippen molar-refractivity contribution in [3.8, 4) is 11.1 Å². The Hall–Kier alpha value is -2.83. The molecule has 0 radical (unpaired) electrons. The Bertz CT molecular complexity index is 906. The van der Waals surface area contributed by atoms with Crippen LogP contribution in [-0.2, 0) is 11.2 Å². The minimum Gasteiger partial charge on any atom is -0.475 e. The van der Waals surface area contributed by atoms with Crippen LogP contribution in [-0.4, -0.2) is 23.2 Å². The Morgan fingerprint density at radius 3 is 2.12 bits per heavy atom. The van der Waals surface area contributed by atoms with Gasteiger partial charge in [-0.15, -0.1) is 0 Å². The Balaban J connectivity index is 0.000000479. The van der Waals surface area contributed by atoms with Crippen molar-refractivity contribution in [3.63, 3.8) is 0 Å². The highest BCUT2D eigenvalue weighted by atomic mass is 19.4. The topological polar surface area (TPSA) is 80.4 Å². The number of hydrogen-bond acceptors (Lipinski definition) is 2. The number of carboxylic acid groups (broad SMARTS) is 1. The molecule has 2 aromatic rings. The van der Waals surface area contributed by atoms with Crippen molar-refractivity contribution >= 4 is 11.9 Å². The molecule has 0 atom stereocenters. The number of aliphatic carboxylic acids is 1. The summed E-state index contributed by atoms with van der Waals surface area (Å²) >= 11 is 0. The van der Waals surface area contributed by atoms with Gasteiger partial charge in [-0.25, -0.2) is 4.79 Å². The number of unbranched alkanes of at least 4 members (excludes halogenated alkanes) is 2. The number of benzene rings is 2. The third kappa shape index (κ3) is 9.68. The number of rotatable bonds is 8. The molecule has 0 aliphatic heterocycles. The number of amides is 1. The number of hydrogen-bond donors (Lipinski definition) is 2. The Labute approximate surface area is 193 Å². The summed E-state index contributed by atoms with van der Waals surface area (Å²) in [5, 5.41) is 7.12. The quantitative estimate of drug-likeness (QED) is 0.424. The highest BCUT2D eigenvalue weighted by molar-refractivity contribution is 5.94. The average molecular weight is 464 g/mol. The van der Waals surface area contributed by atoms with Gasteiger partial charge in [-0.2, -0.15) is 13.2 Å². The number of alkyl halides is 3. The van der Waals surface area contributed by atoms with Gasteiger partial charge in [0.05, 0.1) is 0 Å². The van der Waals surface area contributed by atoms with Crippen LogP contribution < -0.4 is 5.73 Å². The van der Waals surface area contributed by atoms with E-state index in [1.807, 2.05) is 18.2 Å². The molecule has 2 aromatic carbocycles. The maximum Gasteiger partial charge on any atom is 0.490 e. The van der Waals surface area contributed by atoms with Gasteiger partial charge >= 0.3 is 12.1 Å². The van der Waals surface area contributed by atoms with Gasteiger partial charge in [0.2, 0.25) is 5.91 Å². The second-order valence-electron chi connectivity index (χ2n) is 8.55. The number of carbonyl (C=O) groups excluding carboxylic acids is 1. The summed E-state index contributed by atoms with van der Waals surface area (Å²) in [4.78, 5) is 20.3. The van der Waals surface area contributed by atoms with Gasteiger partial charge in [0.25, 0.3) is 0 Å². The molecule has 0 spiro atoms. The second-order valence-corrected chi connectivity index (χ2v) is 8.55. The molecular formula is C26H32F3NO3. The van der Waals surface area contributed by atoms with Crippen molar-refractivity contribution in [2.45, 2.75) is 70.4 Å². The minimum atomic E-state index is -5.08. The fourth-order valence-electron chi connectivity index (χ4n) is 4.17. The summed E-state index contributed by atoms with van der Waals surface area (Å²) in [6.45, 7) is 0. The highest BCUT2D eigenvalue weighted by Crippen LogP contribution is 2.28. The minimum absolute atomic E-state index is 0.374. The number of aryl methyl sites for hydroxylation is 1. The van der Waals surface area contributed by atoms with Crippen LogP contribution in [0.2, 0.25) is 0 Å². The van der Waals surface area contributed by atoms with E-state index in [1.54, 1.807) is 6.07 Å². The standard InChI is InChI=1S/C24H31NO.C2HF3O2/c25-24(26)23-16-8-15-22(18-23)21-14-7-13-20(17-21)12-6-2-5-11-19-9-3-1-4-10-19;3-2(4,5)1(6)7/h7-8,13-19H,1-6,9-12H2,(H2,25,26);(H,6,7). The van der Waals surface area contributed by atoms with E-state index in [0.29, 0.717) is 5.56 Å². The molecule has 0 heterocycles. The first-order valence-electron chi connectivity index (χ1n) is 11.5. The smallest absolute Gasteiger partial charge is 0.475 e. The zero-order chi connectivity index (χ0) is 24.3. The van der Waals surface area contributed by atoms with Crippen LogP contribution in [0.1, 0.15) is 73.7 Å². The zero-order valence-electron chi connectivity index (χ0n) is 18.7. The SMILES string of the molecule is NC(=O)c1cccc(-c2cccc(CCCCCC3CCCCC3)c2)c1.O=C(O)C(F)(F)F. The average Bonchev–Trinajstić information content (AvgIpc) is 2.79. The Morgan fingerprint density at radius 2 is 1.52 bits per heavy atom. The third-order valence-corrected chi connectivity index (χ3v) is 5.95. The summed E-state index contributed by atoms with van der Waals surface area (Å²) in [5.41, 5.74) is 9.56. The van der Waals surface area contributed by atoms with Crippen molar-refractivity contribution in [3.05, 3.63) is 59.7 Å². The molecule has 4 nitrogen and oxygen atoms in total. The van der Waals surface area contributed by atoms with Crippen LogP contribution >= 0.6 is 0 Å². The van der Waals surface area contributed by atoms with Crippen LogP contribution in [0.15, 0.2) is 48.5 Å². The molecule has 0 saturated heterocycles. The maximum absolute atomic E-state index is 11.4. The highest BCUT2D eigenvalue weighted by Gasteiger charge is 2.38. The van der Waals surface area contributed by atoms with E-state index in [4.69, 9.17) is 15.6 Å². The molecule has 3 rings (SSSR count). The van der Waals surface area contributed by atoms with E-state index >= 15 is 0 Å². The lowest BCUT2D eigenvalue weighted by molar-refractivity contribution is -0.192. The number of carboxylic acids is 1. The van der Waals surface area contributed by atoms with Crippen molar-refractivity contribution in [1.82, 2.24) is 0 Å². The fraction of sp³-hybridized carbons (Fsp3) is 0.462. The molecule has 1 amide bonds. The van der Waals surface area contributed by atoms with Crippen LogP contribution in [0.4, 0.5) is 13.2 Å². The molecule has 33 heavy (non-hydrogen) atoms. The Morgan fingerprint density at radius 1 is 0.909 bits per heavy atom. The molecule has 0 bridgehead atoms. The predicted octanol–water partition coefficient (Wildman–Crippen LogP) is 6.77. The summed E-state index contributed by atoms with van der Waals surface area (Å²) in [5.74, 6) is -2.13. The normalized spacial score (nSPS) is 14.3. The van der Waals surface area contributed by atoms with E-state index in [2.05, 4.69) is 24.3 Å². The summed E-state index contributed by atoms with van der Waals surface area (Å²) in [7, 11) is 0. The van der Waals surface area contributed by atoms with Crippen LogP contribution in [0.25, 0.3) is 11.1 Å². The lowest BCUT2D eigenvalue weighted by Crippen LogP contribution is -2.21. The van der Waals surface area contributed by atoms with Gasteiger partial charge in [-0.1, -0.05) is 87.8 Å². The zero-order valence-corrected chi connectivity index (χ0v) is 18.7. The Kier molecular flexibility index (Phi) is 10.4. The van der Waals surface area contributed by atoms with Gasteiger partial charge in [0.15, 0.2) is 0 Å². The van der Waals surface area contributed by atoms with Crippen LogP contribution in [0.5, 0.6) is 0 Å². The van der Waals surface area contributed by atoms with E-state index in [-0.39, 0.29) is 5.91 Å². The number of primary amides is 1. The molecule has 1 saturated carbocycles. The molecule has 0 aromatic heterocycles. The number of halogens is 3. The molecule has 0 unspecified atom stereocenters. The molecule has 7 heteroatoms. The third-order valence-electron chi connectivity index (χ3n) is 5.95. The fourth-order valence-corrected chi connectivity index (χ4v) is 4.17. The van der Waals surface area contributed by atoms with E-state index in [1.165, 1.54) is 63.4 Å². The van der Waals surface area contributed by atoms with Crippen molar-refractivity contribution in [2.24, 2.45) is 11.7 Å². The lowest BCUT2D eigenvalue weighted by atomic mass is 9.85. The van der Waals surface area contributed by atoms with Gasteiger partial charge in [-0.3, -0.25) is 4.79 Å². The molecular weight excluding hydrogens is 431 g/mol. The first-order valence-corrected chi connectivity index (χ1v) is 11.5. The van der Waals surface area contributed by atoms with Crippen molar-refractivity contribution < 1.29 is 27.9 Å².